The van der Waals surface area contributed by atoms with Gasteiger partial charge in [-0.05, 0) is 25.0 Å². The molecule has 1 aliphatic rings. The number of carbonyl (C=O) groups is 1. The molecule has 0 unspecified atom stereocenters. The van der Waals surface area contributed by atoms with Gasteiger partial charge < -0.3 is 14.8 Å². The monoisotopic (exact) mass is 264 g/mol. The summed E-state index contributed by atoms with van der Waals surface area (Å²) >= 11 is 0. The molecule has 0 aromatic carbocycles. The van der Waals surface area contributed by atoms with E-state index >= 15 is 0 Å². The second-order valence-corrected chi connectivity index (χ2v) is 4.81. The minimum atomic E-state index is -0.457. The van der Waals surface area contributed by atoms with Crippen LogP contribution in [0.5, 0.6) is 0 Å². The van der Waals surface area contributed by atoms with Crippen molar-refractivity contribution in [3.63, 3.8) is 0 Å². The summed E-state index contributed by atoms with van der Waals surface area (Å²) in [5.74, 6) is -0.149. The number of hydrogen-bond acceptors (Lipinski definition) is 5. The minimum Gasteiger partial charge on any atom is -0.469 e. The number of nitrogens with zero attached hydrogens (tertiary/aromatic N) is 1. The molecule has 0 radical (unpaired) electrons. The molecule has 0 amide bonds. The van der Waals surface area contributed by atoms with Gasteiger partial charge in [0.1, 0.15) is 0 Å². The quantitative estimate of drug-likeness (QED) is 0.808. The fourth-order valence-corrected chi connectivity index (χ4v) is 2.36. The van der Waals surface area contributed by atoms with Crippen LogP contribution >= 0.6 is 0 Å². The highest BCUT2D eigenvalue weighted by Crippen LogP contribution is 2.31. The topological polar surface area (TPSA) is 60.5 Å². The Morgan fingerprint density at radius 3 is 2.89 bits per heavy atom. The molecule has 1 aromatic heterocycles. The number of pyridine rings is 1. The lowest BCUT2D eigenvalue weighted by molar-refractivity contribution is -0.158. The highest BCUT2D eigenvalue weighted by molar-refractivity contribution is 5.77. The Hall–Kier alpha value is -1.46. The molecular formula is C14H20N2O3. The molecule has 0 spiro atoms. The predicted octanol–water partition coefficient (Wildman–Crippen LogP) is 1.14. The van der Waals surface area contributed by atoms with Gasteiger partial charge in [-0.3, -0.25) is 9.78 Å². The van der Waals surface area contributed by atoms with Crippen molar-refractivity contribution in [2.24, 2.45) is 5.41 Å². The molecule has 19 heavy (non-hydrogen) atoms. The summed E-state index contributed by atoms with van der Waals surface area (Å²) < 4.78 is 10.3. The van der Waals surface area contributed by atoms with Gasteiger partial charge in [0.05, 0.1) is 18.2 Å². The fourth-order valence-electron chi connectivity index (χ4n) is 2.36. The summed E-state index contributed by atoms with van der Waals surface area (Å²) in [7, 11) is 1.44. The highest BCUT2D eigenvalue weighted by atomic mass is 16.5. The van der Waals surface area contributed by atoms with Crippen molar-refractivity contribution in [2.45, 2.75) is 19.4 Å². The molecule has 104 valence electrons. The third kappa shape index (κ3) is 3.52. The van der Waals surface area contributed by atoms with Crippen molar-refractivity contribution in [2.75, 3.05) is 26.9 Å². The maximum absolute atomic E-state index is 12.0. The van der Waals surface area contributed by atoms with Crippen molar-refractivity contribution < 1.29 is 14.3 Å². The smallest absolute Gasteiger partial charge is 0.313 e. The first-order valence-electron chi connectivity index (χ1n) is 6.54. The van der Waals surface area contributed by atoms with Gasteiger partial charge in [-0.25, -0.2) is 0 Å². The van der Waals surface area contributed by atoms with Crippen molar-refractivity contribution in [3.05, 3.63) is 30.1 Å². The molecule has 1 fully saturated rings. The van der Waals surface area contributed by atoms with E-state index in [2.05, 4.69) is 10.3 Å². The Morgan fingerprint density at radius 2 is 2.26 bits per heavy atom. The zero-order valence-corrected chi connectivity index (χ0v) is 11.2. The standard InChI is InChI=1S/C14H20N2O3/c1-18-13(17)14(5-8-19-9-6-14)11-15-10-12-4-2-3-7-16-12/h2-4,7,15H,5-6,8-11H2,1H3. The molecule has 1 aliphatic heterocycles. The number of methoxy groups -OCH3 is 1. The molecule has 5 nitrogen and oxygen atoms in total. The Balaban J connectivity index is 1.91. The van der Waals surface area contributed by atoms with Crippen LogP contribution in [-0.4, -0.2) is 37.8 Å². The van der Waals surface area contributed by atoms with Gasteiger partial charge >= 0.3 is 5.97 Å². The zero-order chi connectivity index (χ0) is 13.6. The molecule has 5 heteroatoms. The van der Waals surface area contributed by atoms with Crippen molar-refractivity contribution in [1.82, 2.24) is 10.3 Å². The van der Waals surface area contributed by atoms with Crippen LogP contribution < -0.4 is 5.32 Å². The number of hydrogen-bond donors (Lipinski definition) is 1. The first kappa shape index (κ1) is 14.0. The summed E-state index contributed by atoms with van der Waals surface area (Å²) in [6.07, 6.45) is 3.17. The number of nitrogens with one attached hydrogen (secondary N) is 1. The van der Waals surface area contributed by atoms with E-state index < -0.39 is 5.41 Å². The van der Waals surface area contributed by atoms with Crippen LogP contribution in [0.2, 0.25) is 0 Å². The second-order valence-electron chi connectivity index (χ2n) is 4.81. The molecule has 1 N–H and O–H groups in total. The van der Waals surface area contributed by atoms with Crippen LogP contribution in [0, 0.1) is 5.41 Å². The van der Waals surface area contributed by atoms with E-state index in [1.807, 2.05) is 18.2 Å². The van der Waals surface area contributed by atoms with E-state index in [1.165, 1.54) is 7.11 Å². The number of carbonyl (C=O) groups excluding carboxylic acids is 1. The molecule has 0 aliphatic carbocycles. The van der Waals surface area contributed by atoms with Crippen molar-refractivity contribution in [3.8, 4) is 0 Å². The van der Waals surface area contributed by atoms with Crippen molar-refractivity contribution in [1.29, 1.82) is 0 Å². The lowest BCUT2D eigenvalue weighted by Crippen LogP contribution is -2.45. The third-order valence-electron chi connectivity index (χ3n) is 3.56. The Bertz CT molecular complexity index is 402. The zero-order valence-electron chi connectivity index (χ0n) is 11.2. The van der Waals surface area contributed by atoms with E-state index in [0.717, 1.165) is 5.69 Å². The summed E-state index contributed by atoms with van der Waals surface area (Å²) in [4.78, 5) is 16.2. The van der Waals surface area contributed by atoms with Crippen LogP contribution in [0.1, 0.15) is 18.5 Å². The second kappa shape index (κ2) is 6.63. The van der Waals surface area contributed by atoms with Gasteiger partial charge in [-0.2, -0.15) is 0 Å². The summed E-state index contributed by atoms with van der Waals surface area (Å²) in [6.45, 7) is 2.47. The van der Waals surface area contributed by atoms with Crippen LogP contribution in [-0.2, 0) is 20.8 Å². The van der Waals surface area contributed by atoms with Crippen LogP contribution in [0.25, 0.3) is 0 Å². The van der Waals surface area contributed by atoms with Gasteiger partial charge in [-0.1, -0.05) is 6.07 Å². The highest BCUT2D eigenvalue weighted by Gasteiger charge is 2.40. The molecule has 0 saturated carbocycles. The van der Waals surface area contributed by atoms with Gasteiger partial charge in [0.25, 0.3) is 0 Å². The number of esters is 1. The number of aromatic nitrogens is 1. The first-order valence-corrected chi connectivity index (χ1v) is 6.54. The van der Waals surface area contributed by atoms with E-state index in [-0.39, 0.29) is 5.97 Å². The summed E-state index contributed by atoms with van der Waals surface area (Å²) in [6, 6.07) is 5.80. The number of rotatable bonds is 5. The molecule has 1 aromatic rings. The normalized spacial score (nSPS) is 17.9. The average molecular weight is 264 g/mol. The van der Waals surface area contributed by atoms with E-state index in [4.69, 9.17) is 9.47 Å². The fraction of sp³-hybridized carbons (Fsp3) is 0.571. The Morgan fingerprint density at radius 1 is 1.47 bits per heavy atom. The Labute approximate surface area is 113 Å². The maximum Gasteiger partial charge on any atom is 0.313 e. The van der Waals surface area contributed by atoms with Gasteiger partial charge in [0.2, 0.25) is 0 Å². The third-order valence-corrected chi connectivity index (χ3v) is 3.56. The molecule has 2 heterocycles. The Kier molecular flexibility index (Phi) is 4.87. The maximum atomic E-state index is 12.0. The van der Waals surface area contributed by atoms with E-state index in [9.17, 15) is 4.79 Å². The molecule has 0 atom stereocenters. The average Bonchev–Trinajstić information content (AvgIpc) is 2.48. The lowest BCUT2D eigenvalue weighted by atomic mass is 9.80. The number of ether oxygens (including phenoxy) is 2. The first-order chi connectivity index (χ1) is 9.27. The van der Waals surface area contributed by atoms with Gasteiger partial charge in [-0.15, -0.1) is 0 Å². The van der Waals surface area contributed by atoms with Crippen molar-refractivity contribution >= 4 is 5.97 Å². The predicted molar refractivity (Wildman–Crippen MR) is 70.4 cm³/mol. The molecule has 2 rings (SSSR count). The van der Waals surface area contributed by atoms with Crippen LogP contribution in [0.3, 0.4) is 0 Å². The van der Waals surface area contributed by atoms with Gasteiger partial charge in [0, 0.05) is 32.5 Å². The van der Waals surface area contributed by atoms with E-state index in [1.54, 1.807) is 6.20 Å². The molecule has 0 bridgehead atoms. The van der Waals surface area contributed by atoms with Gasteiger partial charge in [0.15, 0.2) is 0 Å². The van der Waals surface area contributed by atoms with E-state index in [0.29, 0.717) is 39.1 Å². The minimum absolute atomic E-state index is 0.149. The SMILES string of the molecule is COC(=O)C1(CNCc2ccccn2)CCOCC1. The molecular weight excluding hydrogens is 244 g/mol. The van der Waals surface area contributed by atoms with Crippen LogP contribution in [0.4, 0.5) is 0 Å². The molecule has 1 saturated heterocycles. The largest absolute Gasteiger partial charge is 0.469 e. The summed E-state index contributed by atoms with van der Waals surface area (Å²) in [5.41, 5.74) is 0.511. The lowest BCUT2D eigenvalue weighted by Gasteiger charge is -2.34. The summed E-state index contributed by atoms with van der Waals surface area (Å²) in [5, 5.41) is 3.31. The van der Waals surface area contributed by atoms with Crippen LogP contribution in [0.15, 0.2) is 24.4 Å².